The second kappa shape index (κ2) is 10.2. The molecule has 1 N–H and O–H groups in total. The molecule has 8 heteroatoms. The quantitative estimate of drug-likeness (QED) is 0.337. The van der Waals surface area contributed by atoms with Crippen molar-refractivity contribution in [1.29, 1.82) is 0 Å². The standard InChI is InChI=1S/C29H28N4O4/c1-5-19-10-9-13-22(16-19)33-18(2)25(28-31-27(32-37-28)20-11-7-6-8-12-20)26(30-29(33)34)21-14-15-23(35-3)24(17-21)36-4/h6-17,26H,5H2,1-4H3,(H,30,34). The van der Waals surface area contributed by atoms with Crippen molar-refractivity contribution < 1.29 is 18.8 Å². The van der Waals surface area contributed by atoms with Gasteiger partial charge in [-0.05, 0) is 48.7 Å². The average Bonchev–Trinajstić information content (AvgIpc) is 3.42. The van der Waals surface area contributed by atoms with E-state index >= 15 is 0 Å². The molecule has 0 saturated carbocycles. The zero-order chi connectivity index (χ0) is 25.9. The SMILES string of the molecule is CCc1cccc(N2C(=O)NC(c3ccc(OC)c(OC)c3)C(c3nc(-c4ccccc4)no3)=C2C)c1. The summed E-state index contributed by atoms with van der Waals surface area (Å²) in [6, 6.07) is 22.3. The normalized spacial score (nSPS) is 15.5. The molecule has 188 valence electrons. The van der Waals surface area contributed by atoms with E-state index < -0.39 is 6.04 Å². The number of carbonyl (C=O) groups excluding carboxylic acids is 1. The maximum atomic E-state index is 13.5. The average molecular weight is 497 g/mol. The molecule has 5 rings (SSSR count). The first-order valence-corrected chi connectivity index (χ1v) is 12.1. The van der Waals surface area contributed by atoms with E-state index in [1.807, 2.05) is 79.7 Å². The molecule has 0 bridgehead atoms. The number of benzene rings is 3. The summed E-state index contributed by atoms with van der Waals surface area (Å²) >= 11 is 0. The molecule has 0 aliphatic carbocycles. The fourth-order valence-corrected chi connectivity index (χ4v) is 4.57. The molecule has 0 spiro atoms. The van der Waals surface area contributed by atoms with Crippen molar-refractivity contribution in [3.63, 3.8) is 0 Å². The van der Waals surface area contributed by atoms with Crippen molar-refractivity contribution in [1.82, 2.24) is 15.5 Å². The van der Waals surface area contributed by atoms with Gasteiger partial charge in [0, 0.05) is 11.3 Å². The molecular weight excluding hydrogens is 468 g/mol. The van der Waals surface area contributed by atoms with Gasteiger partial charge >= 0.3 is 6.03 Å². The number of urea groups is 1. The molecule has 0 radical (unpaired) electrons. The first-order valence-electron chi connectivity index (χ1n) is 12.1. The molecule has 0 saturated heterocycles. The fourth-order valence-electron chi connectivity index (χ4n) is 4.57. The summed E-state index contributed by atoms with van der Waals surface area (Å²) in [6.45, 7) is 3.98. The van der Waals surface area contributed by atoms with Crippen LogP contribution >= 0.6 is 0 Å². The smallest absolute Gasteiger partial charge is 0.326 e. The van der Waals surface area contributed by atoms with Gasteiger partial charge in [0.25, 0.3) is 5.89 Å². The first kappa shape index (κ1) is 24.1. The van der Waals surface area contributed by atoms with Gasteiger partial charge in [0.05, 0.1) is 31.5 Å². The van der Waals surface area contributed by atoms with E-state index in [0.717, 1.165) is 28.8 Å². The molecule has 3 aromatic carbocycles. The predicted octanol–water partition coefficient (Wildman–Crippen LogP) is 6.02. The number of nitrogens with zero attached hydrogens (tertiary/aromatic N) is 3. The molecule has 0 fully saturated rings. The van der Waals surface area contributed by atoms with Crippen molar-refractivity contribution in [3.8, 4) is 22.9 Å². The zero-order valence-electron chi connectivity index (χ0n) is 21.2. The number of aromatic nitrogens is 2. The topological polar surface area (TPSA) is 89.7 Å². The van der Waals surface area contributed by atoms with Crippen LogP contribution in [-0.4, -0.2) is 30.4 Å². The van der Waals surface area contributed by atoms with Crippen LogP contribution in [0.5, 0.6) is 11.5 Å². The number of allylic oxidation sites excluding steroid dienone is 1. The Hall–Kier alpha value is -4.59. The minimum Gasteiger partial charge on any atom is -0.493 e. The molecule has 1 atom stereocenters. The highest BCUT2D eigenvalue weighted by molar-refractivity contribution is 6.01. The maximum absolute atomic E-state index is 13.5. The molecule has 8 nitrogen and oxygen atoms in total. The summed E-state index contributed by atoms with van der Waals surface area (Å²) in [5.41, 5.74) is 4.92. The Balaban J connectivity index is 1.67. The Morgan fingerprint density at radius 1 is 0.973 bits per heavy atom. The lowest BCUT2D eigenvalue weighted by Gasteiger charge is -2.35. The van der Waals surface area contributed by atoms with Crippen LogP contribution < -0.4 is 19.7 Å². The Morgan fingerprint density at radius 3 is 2.49 bits per heavy atom. The number of methoxy groups -OCH3 is 2. The van der Waals surface area contributed by atoms with E-state index in [-0.39, 0.29) is 6.03 Å². The Bertz CT molecular complexity index is 1460. The van der Waals surface area contributed by atoms with Gasteiger partial charge in [-0.15, -0.1) is 0 Å². The van der Waals surface area contributed by atoms with Crippen molar-refractivity contribution in [2.45, 2.75) is 26.3 Å². The fraction of sp³-hybridized carbons (Fsp3) is 0.207. The highest BCUT2D eigenvalue weighted by atomic mass is 16.5. The van der Waals surface area contributed by atoms with Crippen LogP contribution in [0.1, 0.15) is 36.9 Å². The number of rotatable bonds is 7. The van der Waals surface area contributed by atoms with E-state index in [1.165, 1.54) is 0 Å². The van der Waals surface area contributed by atoms with Crippen LogP contribution in [0.15, 0.2) is 83.0 Å². The van der Waals surface area contributed by atoms with Crippen LogP contribution in [0, 0.1) is 0 Å². The third-order valence-corrected chi connectivity index (χ3v) is 6.49. The highest BCUT2D eigenvalue weighted by Gasteiger charge is 2.37. The van der Waals surface area contributed by atoms with Crippen molar-refractivity contribution in [2.75, 3.05) is 19.1 Å². The summed E-state index contributed by atoms with van der Waals surface area (Å²) < 4.78 is 16.7. The number of carbonyl (C=O) groups is 1. The van der Waals surface area contributed by atoms with Gasteiger partial charge in [0.1, 0.15) is 0 Å². The van der Waals surface area contributed by atoms with E-state index in [0.29, 0.717) is 34.5 Å². The predicted molar refractivity (Wildman–Crippen MR) is 141 cm³/mol. The molecule has 1 aliphatic rings. The molecule has 2 amide bonds. The second-order valence-electron chi connectivity index (χ2n) is 8.64. The van der Waals surface area contributed by atoms with E-state index in [4.69, 9.17) is 19.0 Å². The van der Waals surface area contributed by atoms with E-state index in [2.05, 4.69) is 17.4 Å². The molecule has 1 aromatic heterocycles. The van der Waals surface area contributed by atoms with Crippen LogP contribution in [0.3, 0.4) is 0 Å². The van der Waals surface area contributed by atoms with E-state index in [1.54, 1.807) is 19.1 Å². The number of aryl methyl sites for hydroxylation is 1. The van der Waals surface area contributed by atoms with Crippen molar-refractivity contribution in [2.24, 2.45) is 0 Å². The number of nitrogens with one attached hydrogen (secondary N) is 1. The van der Waals surface area contributed by atoms with Crippen molar-refractivity contribution >= 4 is 17.3 Å². The molecule has 1 unspecified atom stereocenters. The van der Waals surface area contributed by atoms with Gasteiger partial charge in [-0.3, -0.25) is 4.90 Å². The second-order valence-corrected chi connectivity index (χ2v) is 8.64. The van der Waals surface area contributed by atoms with Crippen LogP contribution in [0.4, 0.5) is 10.5 Å². The number of amides is 2. The Labute approximate surface area is 215 Å². The lowest BCUT2D eigenvalue weighted by molar-refractivity contribution is 0.244. The van der Waals surface area contributed by atoms with Gasteiger partial charge in [0.15, 0.2) is 11.5 Å². The van der Waals surface area contributed by atoms with Gasteiger partial charge in [-0.2, -0.15) is 4.98 Å². The highest BCUT2D eigenvalue weighted by Crippen LogP contribution is 2.41. The number of hydrogen-bond donors (Lipinski definition) is 1. The third kappa shape index (κ3) is 4.53. The van der Waals surface area contributed by atoms with Crippen LogP contribution in [0.2, 0.25) is 0 Å². The summed E-state index contributed by atoms with van der Waals surface area (Å²) in [6.07, 6.45) is 0.858. The molecule has 2 heterocycles. The van der Waals surface area contributed by atoms with Gasteiger partial charge in [-0.1, -0.05) is 60.6 Å². The molecule has 4 aromatic rings. The largest absolute Gasteiger partial charge is 0.493 e. The molecule has 37 heavy (non-hydrogen) atoms. The van der Waals surface area contributed by atoms with E-state index in [9.17, 15) is 4.79 Å². The minimum atomic E-state index is -0.554. The van der Waals surface area contributed by atoms with Gasteiger partial charge < -0.3 is 19.3 Å². The van der Waals surface area contributed by atoms with Crippen molar-refractivity contribution in [3.05, 3.63) is 95.5 Å². The minimum absolute atomic E-state index is 0.253. The first-order chi connectivity index (χ1) is 18.0. The van der Waals surface area contributed by atoms with Crippen LogP contribution in [0.25, 0.3) is 17.0 Å². The summed E-state index contributed by atoms with van der Waals surface area (Å²) in [5, 5.41) is 7.37. The number of hydrogen-bond acceptors (Lipinski definition) is 6. The lowest BCUT2D eigenvalue weighted by Crippen LogP contribution is -2.46. The zero-order valence-corrected chi connectivity index (χ0v) is 21.2. The summed E-state index contributed by atoms with van der Waals surface area (Å²) in [5.74, 6) is 1.95. The van der Waals surface area contributed by atoms with Crippen LogP contribution in [-0.2, 0) is 6.42 Å². The number of anilines is 1. The lowest BCUT2D eigenvalue weighted by atomic mass is 9.94. The monoisotopic (exact) mass is 496 g/mol. The Morgan fingerprint density at radius 2 is 1.76 bits per heavy atom. The Kier molecular flexibility index (Phi) is 6.64. The molecule has 1 aliphatic heterocycles. The van der Waals surface area contributed by atoms with Gasteiger partial charge in [-0.25, -0.2) is 4.79 Å². The third-order valence-electron chi connectivity index (χ3n) is 6.49. The number of ether oxygens (including phenoxy) is 2. The molecular formula is C29H28N4O4. The van der Waals surface area contributed by atoms with Gasteiger partial charge in [0.2, 0.25) is 5.82 Å². The summed E-state index contributed by atoms with van der Waals surface area (Å²) in [7, 11) is 3.16. The summed E-state index contributed by atoms with van der Waals surface area (Å²) in [4.78, 5) is 19.9. The maximum Gasteiger partial charge on any atom is 0.326 e.